The van der Waals surface area contributed by atoms with Crippen LogP contribution >= 0.6 is 0 Å². The van der Waals surface area contributed by atoms with Crippen molar-refractivity contribution in [1.29, 1.82) is 0 Å². The van der Waals surface area contributed by atoms with E-state index in [0.29, 0.717) is 18.8 Å². The van der Waals surface area contributed by atoms with E-state index in [1.165, 1.54) is 19.3 Å². The molecule has 0 atom stereocenters. The SMILES string of the molecule is CCOC1(C(=O)CC)CCCCCCC1. The molecule has 0 aromatic heterocycles. The Balaban J connectivity index is 2.70. The van der Waals surface area contributed by atoms with Gasteiger partial charge in [-0.05, 0) is 19.8 Å². The average molecular weight is 212 g/mol. The predicted molar refractivity (Wildman–Crippen MR) is 62.0 cm³/mol. The minimum Gasteiger partial charge on any atom is -0.368 e. The highest BCUT2D eigenvalue weighted by atomic mass is 16.5. The zero-order valence-corrected chi connectivity index (χ0v) is 10.2. The summed E-state index contributed by atoms with van der Waals surface area (Å²) in [5, 5.41) is 0. The smallest absolute Gasteiger partial charge is 0.164 e. The molecule has 0 aromatic carbocycles. The number of carbonyl (C=O) groups is 1. The molecule has 0 aliphatic heterocycles. The van der Waals surface area contributed by atoms with Gasteiger partial charge in [-0.2, -0.15) is 0 Å². The van der Waals surface area contributed by atoms with E-state index in [1.54, 1.807) is 0 Å². The molecule has 1 rings (SSSR count). The fraction of sp³-hybridized carbons (Fsp3) is 0.923. The van der Waals surface area contributed by atoms with Gasteiger partial charge in [0.1, 0.15) is 5.60 Å². The van der Waals surface area contributed by atoms with Gasteiger partial charge in [-0.1, -0.05) is 39.0 Å². The summed E-state index contributed by atoms with van der Waals surface area (Å²) < 4.78 is 5.81. The van der Waals surface area contributed by atoms with Crippen LogP contribution < -0.4 is 0 Å². The summed E-state index contributed by atoms with van der Waals surface area (Å²) >= 11 is 0. The van der Waals surface area contributed by atoms with Crippen molar-refractivity contribution in [3.8, 4) is 0 Å². The van der Waals surface area contributed by atoms with Crippen LogP contribution in [0.15, 0.2) is 0 Å². The third-order valence-corrected chi connectivity index (χ3v) is 3.41. The van der Waals surface area contributed by atoms with Crippen molar-refractivity contribution < 1.29 is 9.53 Å². The van der Waals surface area contributed by atoms with Crippen molar-refractivity contribution in [3.63, 3.8) is 0 Å². The fourth-order valence-electron chi connectivity index (χ4n) is 2.58. The van der Waals surface area contributed by atoms with Gasteiger partial charge in [-0.15, -0.1) is 0 Å². The van der Waals surface area contributed by atoms with Gasteiger partial charge >= 0.3 is 0 Å². The molecule has 0 saturated heterocycles. The maximum absolute atomic E-state index is 12.0. The molecule has 15 heavy (non-hydrogen) atoms. The zero-order chi connectivity index (χ0) is 11.1. The molecule has 2 nitrogen and oxygen atoms in total. The highest BCUT2D eigenvalue weighted by molar-refractivity contribution is 5.87. The molecule has 1 aliphatic rings. The van der Waals surface area contributed by atoms with E-state index in [0.717, 1.165) is 25.7 Å². The van der Waals surface area contributed by atoms with Crippen LogP contribution in [0.2, 0.25) is 0 Å². The summed E-state index contributed by atoms with van der Waals surface area (Å²) in [6.07, 6.45) is 8.61. The Morgan fingerprint density at radius 1 is 1.07 bits per heavy atom. The molecular formula is C13H24O2. The number of hydrogen-bond acceptors (Lipinski definition) is 2. The van der Waals surface area contributed by atoms with Crippen molar-refractivity contribution in [1.82, 2.24) is 0 Å². The molecule has 0 bridgehead atoms. The first-order chi connectivity index (χ1) is 7.25. The van der Waals surface area contributed by atoms with E-state index in [9.17, 15) is 4.79 Å². The summed E-state index contributed by atoms with van der Waals surface area (Å²) in [7, 11) is 0. The molecule has 1 fully saturated rings. The second-order valence-corrected chi connectivity index (χ2v) is 4.47. The average Bonchev–Trinajstić information content (AvgIpc) is 2.21. The Morgan fingerprint density at radius 3 is 2.07 bits per heavy atom. The number of Topliss-reactive ketones (excluding diaryl/α,β-unsaturated/α-hetero) is 1. The van der Waals surface area contributed by atoms with Gasteiger partial charge in [0, 0.05) is 13.0 Å². The Kier molecular flexibility index (Phi) is 5.30. The molecule has 2 heteroatoms. The molecule has 0 N–H and O–H groups in total. The number of rotatable bonds is 4. The topological polar surface area (TPSA) is 26.3 Å². The quantitative estimate of drug-likeness (QED) is 0.713. The second kappa shape index (κ2) is 6.26. The van der Waals surface area contributed by atoms with Crippen LogP contribution in [0.4, 0.5) is 0 Å². The van der Waals surface area contributed by atoms with Crippen LogP contribution in [0.3, 0.4) is 0 Å². The standard InChI is InChI=1S/C13H24O2/c1-3-12(14)13(15-4-2)10-8-6-5-7-9-11-13/h3-11H2,1-2H3. The van der Waals surface area contributed by atoms with Gasteiger partial charge in [0.25, 0.3) is 0 Å². The van der Waals surface area contributed by atoms with E-state index in [4.69, 9.17) is 4.74 Å². The first kappa shape index (κ1) is 12.7. The third-order valence-electron chi connectivity index (χ3n) is 3.41. The van der Waals surface area contributed by atoms with Crippen LogP contribution in [0.25, 0.3) is 0 Å². The number of carbonyl (C=O) groups excluding carboxylic acids is 1. The monoisotopic (exact) mass is 212 g/mol. The lowest BCUT2D eigenvalue weighted by Crippen LogP contribution is -2.42. The maximum Gasteiger partial charge on any atom is 0.164 e. The lowest BCUT2D eigenvalue weighted by atomic mass is 9.82. The predicted octanol–water partition coefficient (Wildman–Crippen LogP) is 3.49. The zero-order valence-electron chi connectivity index (χ0n) is 10.2. The molecule has 0 amide bonds. The summed E-state index contributed by atoms with van der Waals surface area (Å²) in [5.74, 6) is 0.311. The number of ketones is 1. The third kappa shape index (κ3) is 3.30. The number of ether oxygens (including phenoxy) is 1. The molecule has 0 unspecified atom stereocenters. The minimum atomic E-state index is -0.427. The van der Waals surface area contributed by atoms with Crippen molar-refractivity contribution >= 4 is 5.78 Å². The Labute approximate surface area is 93.4 Å². The maximum atomic E-state index is 12.0. The van der Waals surface area contributed by atoms with Crippen molar-refractivity contribution in [2.24, 2.45) is 0 Å². The van der Waals surface area contributed by atoms with Crippen molar-refractivity contribution in [3.05, 3.63) is 0 Å². The highest BCUT2D eigenvalue weighted by Gasteiger charge is 2.36. The van der Waals surface area contributed by atoms with Gasteiger partial charge in [-0.3, -0.25) is 4.79 Å². The molecule has 0 radical (unpaired) electrons. The molecule has 0 heterocycles. The lowest BCUT2D eigenvalue weighted by Gasteiger charge is -2.33. The molecule has 1 aliphatic carbocycles. The molecule has 1 saturated carbocycles. The summed E-state index contributed by atoms with van der Waals surface area (Å²) in [6.45, 7) is 4.59. The van der Waals surface area contributed by atoms with E-state index < -0.39 is 5.60 Å². The fourth-order valence-corrected chi connectivity index (χ4v) is 2.58. The van der Waals surface area contributed by atoms with E-state index >= 15 is 0 Å². The van der Waals surface area contributed by atoms with E-state index in [2.05, 4.69) is 0 Å². The first-order valence-corrected chi connectivity index (χ1v) is 6.42. The molecule has 0 aromatic rings. The van der Waals surface area contributed by atoms with Crippen LogP contribution in [-0.2, 0) is 9.53 Å². The highest BCUT2D eigenvalue weighted by Crippen LogP contribution is 2.31. The van der Waals surface area contributed by atoms with Gasteiger partial charge in [-0.25, -0.2) is 0 Å². The van der Waals surface area contributed by atoms with Crippen LogP contribution in [-0.4, -0.2) is 18.0 Å². The summed E-state index contributed by atoms with van der Waals surface area (Å²) in [4.78, 5) is 12.0. The van der Waals surface area contributed by atoms with Crippen molar-refractivity contribution in [2.75, 3.05) is 6.61 Å². The summed E-state index contributed by atoms with van der Waals surface area (Å²) in [5.41, 5.74) is -0.427. The number of hydrogen-bond donors (Lipinski definition) is 0. The largest absolute Gasteiger partial charge is 0.368 e. The molecule has 0 spiro atoms. The van der Waals surface area contributed by atoms with Crippen LogP contribution in [0.1, 0.15) is 65.2 Å². The van der Waals surface area contributed by atoms with Crippen LogP contribution in [0.5, 0.6) is 0 Å². The molecule has 88 valence electrons. The minimum absolute atomic E-state index is 0.311. The van der Waals surface area contributed by atoms with Gasteiger partial charge in [0.2, 0.25) is 0 Å². The summed E-state index contributed by atoms with van der Waals surface area (Å²) in [6, 6.07) is 0. The Morgan fingerprint density at radius 2 is 1.60 bits per heavy atom. The van der Waals surface area contributed by atoms with Gasteiger partial charge < -0.3 is 4.74 Å². The Hall–Kier alpha value is -0.370. The van der Waals surface area contributed by atoms with E-state index in [1.807, 2.05) is 13.8 Å². The van der Waals surface area contributed by atoms with E-state index in [-0.39, 0.29) is 0 Å². The van der Waals surface area contributed by atoms with Gasteiger partial charge in [0.05, 0.1) is 0 Å². The molecular weight excluding hydrogens is 188 g/mol. The Bertz CT molecular complexity index is 191. The first-order valence-electron chi connectivity index (χ1n) is 6.42. The van der Waals surface area contributed by atoms with Crippen molar-refractivity contribution in [2.45, 2.75) is 70.8 Å². The lowest BCUT2D eigenvalue weighted by molar-refractivity contribution is -0.147. The van der Waals surface area contributed by atoms with Crippen LogP contribution in [0, 0.1) is 0 Å². The normalized spacial score (nSPS) is 21.7. The van der Waals surface area contributed by atoms with Gasteiger partial charge in [0.15, 0.2) is 5.78 Å². The second-order valence-electron chi connectivity index (χ2n) is 4.47.